The number of aryl methyl sites for hydroxylation is 1. The zero-order valence-electron chi connectivity index (χ0n) is 12.9. The highest BCUT2D eigenvalue weighted by Gasteiger charge is 2.42. The molecule has 3 atom stereocenters. The fraction of sp³-hybridized carbons (Fsp3) is 0.562. The van der Waals surface area contributed by atoms with Crippen LogP contribution in [-0.2, 0) is 0 Å². The largest absolute Gasteiger partial charge is 0.412 e. The zero-order valence-corrected chi connectivity index (χ0v) is 12.9. The molecule has 0 heterocycles. The lowest BCUT2D eigenvalue weighted by Crippen LogP contribution is -2.44. The Kier molecular flexibility index (Phi) is 5.51. The van der Waals surface area contributed by atoms with Crippen molar-refractivity contribution in [3.8, 4) is 0 Å². The van der Waals surface area contributed by atoms with Gasteiger partial charge >= 0.3 is 12.2 Å². The fourth-order valence-corrected chi connectivity index (χ4v) is 2.86. The summed E-state index contributed by atoms with van der Waals surface area (Å²) in [6.07, 6.45) is -2.94. The van der Waals surface area contributed by atoms with Crippen LogP contribution in [-0.4, -0.2) is 30.0 Å². The van der Waals surface area contributed by atoms with Gasteiger partial charge < -0.3 is 15.7 Å². The van der Waals surface area contributed by atoms with E-state index >= 15 is 0 Å². The third-order valence-corrected chi connectivity index (χ3v) is 4.04. The number of nitrogens with one attached hydrogen (secondary N) is 2. The smallest absolute Gasteiger partial charge is 0.393 e. The van der Waals surface area contributed by atoms with Crippen LogP contribution in [0.2, 0.25) is 0 Å². The molecule has 0 radical (unpaired) electrons. The minimum atomic E-state index is -4.57. The summed E-state index contributed by atoms with van der Waals surface area (Å²) < 4.78 is 39.6. The monoisotopic (exact) mass is 330 g/mol. The van der Waals surface area contributed by atoms with E-state index in [-0.39, 0.29) is 24.1 Å². The molecule has 3 N–H and O–H groups in total. The highest BCUT2D eigenvalue weighted by Crippen LogP contribution is 2.33. The van der Waals surface area contributed by atoms with Crippen LogP contribution in [0.4, 0.5) is 18.0 Å². The van der Waals surface area contributed by atoms with E-state index in [4.69, 9.17) is 0 Å². The highest BCUT2D eigenvalue weighted by molar-refractivity contribution is 5.74. The van der Waals surface area contributed by atoms with E-state index in [2.05, 4.69) is 5.32 Å². The van der Waals surface area contributed by atoms with Gasteiger partial charge in [0, 0.05) is 6.54 Å². The molecule has 1 saturated carbocycles. The molecule has 7 heteroatoms. The summed E-state index contributed by atoms with van der Waals surface area (Å²) >= 11 is 0. The van der Waals surface area contributed by atoms with Crippen molar-refractivity contribution in [3.63, 3.8) is 0 Å². The van der Waals surface area contributed by atoms with Crippen LogP contribution in [0.1, 0.15) is 36.4 Å². The molecular weight excluding hydrogens is 309 g/mol. The number of amides is 2. The Hall–Kier alpha value is -1.76. The first-order valence-corrected chi connectivity index (χ1v) is 7.61. The summed E-state index contributed by atoms with van der Waals surface area (Å²) in [5.41, 5.74) is 0.697. The second kappa shape index (κ2) is 7.21. The van der Waals surface area contributed by atoms with E-state index in [1.54, 1.807) is 13.0 Å². The van der Waals surface area contributed by atoms with Crippen molar-refractivity contribution >= 4 is 6.03 Å². The van der Waals surface area contributed by atoms with Crippen LogP contribution in [0.5, 0.6) is 0 Å². The number of aliphatic hydroxyl groups is 1. The molecule has 2 rings (SSSR count). The lowest BCUT2D eigenvalue weighted by molar-refractivity contribution is -0.154. The zero-order chi connectivity index (χ0) is 17.0. The summed E-state index contributed by atoms with van der Waals surface area (Å²) in [4.78, 5) is 11.8. The van der Waals surface area contributed by atoms with Crippen molar-refractivity contribution < 1.29 is 23.1 Å². The molecule has 0 bridgehead atoms. The van der Waals surface area contributed by atoms with Crippen molar-refractivity contribution in [2.45, 2.75) is 44.5 Å². The maximum atomic E-state index is 13.2. The van der Waals surface area contributed by atoms with E-state index in [0.29, 0.717) is 18.4 Å². The molecule has 2 amide bonds. The van der Waals surface area contributed by atoms with Crippen LogP contribution in [0.25, 0.3) is 0 Å². The summed E-state index contributed by atoms with van der Waals surface area (Å²) in [6, 6.07) is 3.09. The molecule has 4 nitrogen and oxygen atoms in total. The van der Waals surface area contributed by atoms with Crippen molar-refractivity contribution in [3.05, 3.63) is 35.4 Å². The number of rotatable bonds is 4. The molecule has 0 spiro atoms. The Morgan fingerprint density at radius 2 is 2.13 bits per heavy atom. The molecule has 0 aromatic heterocycles. The summed E-state index contributed by atoms with van der Waals surface area (Å²) in [5, 5.41) is 13.9. The number of aliphatic hydroxyl groups excluding tert-OH is 1. The average molecular weight is 330 g/mol. The number of halogens is 3. The fourth-order valence-electron chi connectivity index (χ4n) is 2.86. The summed E-state index contributed by atoms with van der Waals surface area (Å²) in [7, 11) is 0. The molecule has 0 unspecified atom stereocenters. The van der Waals surface area contributed by atoms with Gasteiger partial charge in [0.15, 0.2) is 6.04 Å². The summed E-state index contributed by atoms with van der Waals surface area (Å²) in [6.45, 7) is 1.96. The van der Waals surface area contributed by atoms with Gasteiger partial charge in [-0.2, -0.15) is 13.2 Å². The third-order valence-electron chi connectivity index (χ3n) is 4.04. The molecular formula is C16H21F3N2O2. The molecule has 1 aliphatic rings. The minimum absolute atomic E-state index is 0.00365. The Labute approximate surface area is 133 Å². The Balaban J connectivity index is 1.96. The Bertz CT molecular complexity index is 548. The SMILES string of the molecule is Cc1cccc([C@@H](NC(=O)NC[C@H]2CC[C@@H](O)C2)C(F)(F)F)c1. The first-order chi connectivity index (χ1) is 10.8. The standard InChI is InChI=1S/C16H21F3N2O2/c1-10-3-2-4-12(7-10)14(16(17,18)19)21-15(23)20-9-11-5-6-13(22)8-11/h2-4,7,11,13-14,22H,5-6,8-9H2,1H3,(H2,20,21,23)/t11-,13+,14+/m0/s1. The van der Waals surface area contributed by atoms with Crippen LogP contribution in [0, 0.1) is 12.8 Å². The predicted octanol–water partition coefficient (Wildman–Crippen LogP) is 3.06. The van der Waals surface area contributed by atoms with Crippen LogP contribution >= 0.6 is 0 Å². The van der Waals surface area contributed by atoms with E-state index < -0.39 is 18.2 Å². The maximum Gasteiger partial charge on any atom is 0.412 e. The minimum Gasteiger partial charge on any atom is -0.393 e. The molecule has 0 saturated heterocycles. The third kappa shape index (κ3) is 5.13. The highest BCUT2D eigenvalue weighted by atomic mass is 19.4. The number of alkyl halides is 3. The average Bonchev–Trinajstić information content (AvgIpc) is 2.87. The molecule has 128 valence electrons. The number of hydrogen-bond acceptors (Lipinski definition) is 2. The van der Waals surface area contributed by atoms with Gasteiger partial charge in [0.1, 0.15) is 0 Å². The van der Waals surface area contributed by atoms with Gasteiger partial charge in [-0.15, -0.1) is 0 Å². The van der Waals surface area contributed by atoms with Gasteiger partial charge in [-0.1, -0.05) is 29.8 Å². The Morgan fingerprint density at radius 1 is 1.39 bits per heavy atom. The first-order valence-electron chi connectivity index (χ1n) is 7.61. The first kappa shape index (κ1) is 17.6. The van der Waals surface area contributed by atoms with Gasteiger partial charge in [0.05, 0.1) is 6.10 Å². The molecule has 1 aromatic carbocycles. The van der Waals surface area contributed by atoms with Crippen LogP contribution in [0.3, 0.4) is 0 Å². The number of hydrogen-bond donors (Lipinski definition) is 3. The quantitative estimate of drug-likeness (QED) is 0.794. The van der Waals surface area contributed by atoms with Gasteiger partial charge in [-0.25, -0.2) is 4.79 Å². The molecule has 1 fully saturated rings. The second-order valence-electron chi connectivity index (χ2n) is 6.08. The van der Waals surface area contributed by atoms with Crippen molar-refractivity contribution in [2.75, 3.05) is 6.54 Å². The molecule has 23 heavy (non-hydrogen) atoms. The van der Waals surface area contributed by atoms with Gasteiger partial charge in [-0.3, -0.25) is 0 Å². The predicted molar refractivity (Wildman–Crippen MR) is 79.9 cm³/mol. The Morgan fingerprint density at radius 3 is 2.70 bits per heavy atom. The lowest BCUT2D eigenvalue weighted by Gasteiger charge is -2.23. The second-order valence-corrected chi connectivity index (χ2v) is 6.08. The van der Waals surface area contributed by atoms with Gasteiger partial charge in [-0.05, 0) is 37.7 Å². The molecule has 1 aromatic rings. The normalized spacial score (nSPS) is 22.7. The van der Waals surface area contributed by atoms with Crippen molar-refractivity contribution in [1.82, 2.24) is 10.6 Å². The molecule has 0 aliphatic heterocycles. The number of carbonyl (C=O) groups excluding carboxylic acids is 1. The number of carbonyl (C=O) groups is 1. The van der Waals surface area contributed by atoms with Crippen LogP contribution < -0.4 is 10.6 Å². The summed E-state index contributed by atoms with van der Waals surface area (Å²) in [5.74, 6) is 0.110. The molecule has 1 aliphatic carbocycles. The lowest BCUT2D eigenvalue weighted by atomic mass is 10.0. The topological polar surface area (TPSA) is 61.4 Å². The maximum absolute atomic E-state index is 13.2. The van der Waals surface area contributed by atoms with Crippen molar-refractivity contribution in [1.29, 1.82) is 0 Å². The van der Waals surface area contributed by atoms with Gasteiger partial charge in [0.2, 0.25) is 0 Å². The van der Waals surface area contributed by atoms with E-state index in [1.807, 2.05) is 5.32 Å². The van der Waals surface area contributed by atoms with E-state index in [1.165, 1.54) is 18.2 Å². The number of urea groups is 1. The van der Waals surface area contributed by atoms with Gasteiger partial charge in [0.25, 0.3) is 0 Å². The van der Waals surface area contributed by atoms with E-state index in [9.17, 15) is 23.1 Å². The van der Waals surface area contributed by atoms with E-state index in [0.717, 1.165) is 6.42 Å². The number of benzene rings is 1. The van der Waals surface area contributed by atoms with Crippen LogP contribution in [0.15, 0.2) is 24.3 Å². The van der Waals surface area contributed by atoms with Crippen molar-refractivity contribution in [2.24, 2.45) is 5.92 Å².